The highest BCUT2D eigenvalue weighted by atomic mass is 32.1. The zero-order valence-corrected chi connectivity index (χ0v) is 10.5. The van der Waals surface area contributed by atoms with Crippen LogP contribution in [0.4, 0.5) is 0 Å². The van der Waals surface area contributed by atoms with Crippen molar-refractivity contribution in [2.45, 2.75) is 0 Å². The molecular formula is C15H12N2S. The van der Waals surface area contributed by atoms with Crippen LogP contribution in [0.2, 0.25) is 0 Å². The van der Waals surface area contributed by atoms with E-state index in [4.69, 9.17) is 0 Å². The van der Waals surface area contributed by atoms with E-state index in [0.717, 1.165) is 0 Å². The van der Waals surface area contributed by atoms with Gasteiger partial charge in [0.25, 0.3) is 0 Å². The highest BCUT2D eigenvalue weighted by Crippen LogP contribution is 2.24. The Morgan fingerprint density at radius 1 is 0.833 bits per heavy atom. The van der Waals surface area contributed by atoms with Gasteiger partial charge in [-0.15, -0.1) is 11.3 Å². The van der Waals surface area contributed by atoms with Gasteiger partial charge in [0.05, 0.1) is 5.51 Å². The van der Waals surface area contributed by atoms with Gasteiger partial charge in [0.15, 0.2) is 0 Å². The number of thiazole rings is 1. The molecule has 2 aromatic carbocycles. The molecule has 0 radical (unpaired) electrons. The molecule has 4 aromatic rings. The van der Waals surface area contributed by atoms with Crippen LogP contribution in [0.5, 0.6) is 0 Å². The van der Waals surface area contributed by atoms with Gasteiger partial charge in [0, 0.05) is 33.4 Å². The number of H-pyrrole nitrogens is 1. The van der Waals surface area contributed by atoms with Crippen LogP contribution in [0.25, 0.3) is 21.8 Å². The Hall–Kier alpha value is -2.13. The Morgan fingerprint density at radius 2 is 1.44 bits per heavy atom. The van der Waals surface area contributed by atoms with Crippen LogP contribution in [0.1, 0.15) is 0 Å². The fourth-order valence-corrected chi connectivity index (χ4v) is 2.33. The van der Waals surface area contributed by atoms with Gasteiger partial charge in [0.1, 0.15) is 0 Å². The lowest BCUT2D eigenvalue weighted by Gasteiger charge is -1.87. The van der Waals surface area contributed by atoms with E-state index >= 15 is 0 Å². The molecule has 18 heavy (non-hydrogen) atoms. The molecule has 0 aliphatic carbocycles. The highest BCUT2D eigenvalue weighted by Gasteiger charge is 2.00. The van der Waals surface area contributed by atoms with Crippen molar-refractivity contribution < 1.29 is 0 Å². The molecule has 2 aromatic heterocycles. The first kappa shape index (κ1) is 11.0. The van der Waals surface area contributed by atoms with Crippen LogP contribution in [-0.2, 0) is 0 Å². The fraction of sp³-hybridized carbons (Fsp3) is 0. The Morgan fingerprint density at radius 3 is 1.89 bits per heavy atom. The van der Waals surface area contributed by atoms with Gasteiger partial charge in [-0.25, -0.2) is 0 Å². The molecule has 4 rings (SSSR count). The summed E-state index contributed by atoms with van der Waals surface area (Å²) in [4.78, 5) is 7.12. The Kier molecular flexibility index (Phi) is 3.07. The molecule has 0 saturated carbocycles. The molecule has 0 amide bonds. The third-order valence-corrected chi connectivity index (χ3v) is 3.28. The molecule has 0 saturated heterocycles. The Balaban J connectivity index is 0.000000169. The predicted octanol–water partition coefficient (Wildman–Crippen LogP) is 4.46. The lowest BCUT2D eigenvalue weighted by atomic mass is 10.2. The second-order valence-electron chi connectivity index (χ2n) is 3.89. The van der Waals surface area contributed by atoms with E-state index in [1.165, 1.54) is 21.8 Å². The van der Waals surface area contributed by atoms with E-state index in [9.17, 15) is 0 Å². The van der Waals surface area contributed by atoms with Crippen LogP contribution in [0, 0.1) is 0 Å². The first-order valence-corrected chi connectivity index (χ1v) is 6.67. The van der Waals surface area contributed by atoms with Crippen LogP contribution in [0.3, 0.4) is 0 Å². The number of aromatic nitrogens is 2. The Bertz CT molecular complexity index is 674. The normalized spacial score (nSPS) is 10.2. The maximum Gasteiger partial charge on any atom is 0.0791 e. The minimum Gasteiger partial charge on any atom is -0.355 e. The summed E-state index contributed by atoms with van der Waals surface area (Å²) in [6, 6.07) is 16.8. The predicted molar refractivity (Wildman–Crippen MR) is 77.9 cm³/mol. The SMILES string of the molecule is c1ccc2c(c1)[nH]c1ccccc12.c1cscn1. The summed E-state index contributed by atoms with van der Waals surface area (Å²) in [7, 11) is 0. The van der Waals surface area contributed by atoms with Gasteiger partial charge in [-0.2, -0.15) is 0 Å². The van der Waals surface area contributed by atoms with E-state index in [1.54, 1.807) is 23.0 Å². The number of nitrogens with zero attached hydrogens (tertiary/aromatic N) is 1. The third-order valence-electron chi connectivity index (χ3n) is 2.76. The number of rotatable bonds is 0. The van der Waals surface area contributed by atoms with Gasteiger partial charge in [-0.1, -0.05) is 36.4 Å². The molecule has 0 fully saturated rings. The molecule has 88 valence electrons. The Labute approximate surface area is 109 Å². The van der Waals surface area contributed by atoms with E-state index in [2.05, 4.69) is 58.5 Å². The van der Waals surface area contributed by atoms with Crippen molar-refractivity contribution in [2.75, 3.05) is 0 Å². The number of fused-ring (bicyclic) bond motifs is 3. The fourth-order valence-electron chi connectivity index (χ4n) is 1.97. The monoisotopic (exact) mass is 252 g/mol. The highest BCUT2D eigenvalue weighted by molar-refractivity contribution is 7.07. The summed E-state index contributed by atoms with van der Waals surface area (Å²) in [5.74, 6) is 0. The van der Waals surface area contributed by atoms with Crippen molar-refractivity contribution in [3.8, 4) is 0 Å². The first-order chi connectivity index (χ1) is 8.95. The van der Waals surface area contributed by atoms with Crippen molar-refractivity contribution in [1.82, 2.24) is 9.97 Å². The quantitative estimate of drug-likeness (QED) is 0.491. The lowest BCUT2D eigenvalue weighted by molar-refractivity contribution is 1.43. The van der Waals surface area contributed by atoms with Crippen LogP contribution in [-0.4, -0.2) is 9.97 Å². The zero-order chi connectivity index (χ0) is 12.2. The summed E-state index contributed by atoms with van der Waals surface area (Å²) < 4.78 is 0. The van der Waals surface area contributed by atoms with Crippen LogP contribution < -0.4 is 0 Å². The molecule has 2 heterocycles. The topological polar surface area (TPSA) is 28.7 Å². The zero-order valence-electron chi connectivity index (χ0n) is 9.71. The summed E-state index contributed by atoms with van der Waals surface area (Å²) in [6.07, 6.45) is 1.77. The molecule has 0 aliphatic rings. The average molecular weight is 252 g/mol. The number of hydrogen-bond donors (Lipinski definition) is 1. The minimum absolute atomic E-state index is 1.21. The van der Waals surface area contributed by atoms with Crippen molar-refractivity contribution >= 4 is 33.1 Å². The van der Waals surface area contributed by atoms with Crippen molar-refractivity contribution in [3.63, 3.8) is 0 Å². The van der Waals surface area contributed by atoms with Crippen LogP contribution in [0.15, 0.2) is 65.6 Å². The number of hydrogen-bond acceptors (Lipinski definition) is 2. The average Bonchev–Trinajstić information content (AvgIpc) is 3.10. The molecule has 0 bridgehead atoms. The number of nitrogens with one attached hydrogen (secondary N) is 1. The molecule has 0 unspecified atom stereocenters. The minimum atomic E-state index is 1.21. The maximum absolute atomic E-state index is 3.74. The van der Waals surface area contributed by atoms with Gasteiger partial charge in [-0.05, 0) is 12.1 Å². The maximum atomic E-state index is 3.74. The molecular weight excluding hydrogens is 240 g/mol. The van der Waals surface area contributed by atoms with Gasteiger partial charge < -0.3 is 4.98 Å². The van der Waals surface area contributed by atoms with Gasteiger partial charge >= 0.3 is 0 Å². The summed E-state index contributed by atoms with van der Waals surface area (Å²) in [5.41, 5.74) is 4.22. The molecule has 1 N–H and O–H groups in total. The number of aromatic amines is 1. The molecule has 2 nitrogen and oxygen atoms in total. The third kappa shape index (κ3) is 2.13. The first-order valence-electron chi connectivity index (χ1n) is 5.73. The second kappa shape index (κ2) is 5.02. The molecule has 0 aliphatic heterocycles. The van der Waals surface area contributed by atoms with Crippen molar-refractivity contribution in [3.05, 3.63) is 65.6 Å². The van der Waals surface area contributed by atoms with Crippen LogP contribution >= 0.6 is 11.3 Å². The van der Waals surface area contributed by atoms with E-state index in [1.807, 2.05) is 5.38 Å². The number of para-hydroxylation sites is 2. The van der Waals surface area contributed by atoms with Gasteiger partial charge in [-0.3, -0.25) is 4.98 Å². The van der Waals surface area contributed by atoms with E-state index in [-0.39, 0.29) is 0 Å². The lowest BCUT2D eigenvalue weighted by Crippen LogP contribution is -1.62. The standard InChI is InChI=1S/C12H9N.C3H3NS/c1-3-7-11-9(5-1)10-6-2-4-8-12(10)13-11;1-2-5-3-4-1/h1-8,13H;1-3H. The molecule has 0 spiro atoms. The van der Waals surface area contributed by atoms with Crippen molar-refractivity contribution in [1.29, 1.82) is 0 Å². The number of benzene rings is 2. The summed E-state index contributed by atoms with van der Waals surface area (Å²) in [6.45, 7) is 0. The van der Waals surface area contributed by atoms with E-state index in [0.29, 0.717) is 0 Å². The summed E-state index contributed by atoms with van der Waals surface area (Å²) in [5, 5.41) is 4.54. The second-order valence-corrected chi connectivity index (χ2v) is 4.65. The molecule has 3 heteroatoms. The summed E-state index contributed by atoms with van der Waals surface area (Å²) >= 11 is 1.60. The molecule has 0 atom stereocenters. The van der Waals surface area contributed by atoms with Crippen molar-refractivity contribution in [2.24, 2.45) is 0 Å². The smallest absolute Gasteiger partial charge is 0.0791 e. The largest absolute Gasteiger partial charge is 0.355 e. The van der Waals surface area contributed by atoms with E-state index < -0.39 is 0 Å². The van der Waals surface area contributed by atoms with Gasteiger partial charge in [0.2, 0.25) is 0 Å².